The molecule has 0 radical (unpaired) electrons. The molecule has 1 aromatic carbocycles. The van der Waals surface area contributed by atoms with Gasteiger partial charge in [0, 0.05) is 30.7 Å². The Morgan fingerprint density at radius 1 is 1.12 bits per heavy atom. The molecule has 25 heavy (non-hydrogen) atoms. The molecule has 124 valence electrons. The normalized spacial score (nSPS) is 10.9. The van der Waals surface area contributed by atoms with Crippen LogP contribution in [0.5, 0.6) is 0 Å². The number of aryl methyl sites for hydroxylation is 1. The molecule has 0 aliphatic carbocycles. The zero-order valence-electron chi connectivity index (χ0n) is 13.6. The van der Waals surface area contributed by atoms with E-state index in [1.165, 1.54) is 0 Å². The van der Waals surface area contributed by atoms with Crippen molar-refractivity contribution >= 4 is 17.5 Å². The maximum Gasteiger partial charge on any atom is 0.275 e. The molecule has 3 aromatic heterocycles. The second-order valence-electron chi connectivity index (χ2n) is 5.50. The van der Waals surface area contributed by atoms with Crippen LogP contribution in [0.4, 0.5) is 5.82 Å². The smallest absolute Gasteiger partial charge is 0.275 e. The van der Waals surface area contributed by atoms with Crippen LogP contribution in [0.1, 0.15) is 17.4 Å². The Kier molecular flexibility index (Phi) is 3.74. The number of benzene rings is 1. The monoisotopic (exact) mass is 332 g/mol. The Hall–Kier alpha value is -3.48. The van der Waals surface area contributed by atoms with Crippen molar-refractivity contribution in [1.29, 1.82) is 0 Å². The van der Waals surface area contributed by atoms with E-state index < -0.39 is 0 Å². The number of carbonyl (C=O) groups is 1. The van der Waals surface area contributed by atoms with Crippen LogP contribution >= 0.6 is 0 Å². The van der Waals surface area contributed by atoms with E-state index in [-0.39, 0.29) is 5.91 Å². The number of amides is 1. The van der Waals surface area contributed by atoms with Crippen molar-refractivity contribution in [2.75, 3.05) is 5.32 Å². The Morgan fingerprint density at radius 3 is 2.76 bits per heavy atom. The average Bonchev–Trinajstić information content (AvgIpc) is 3.28. The molecule has 0 fully saturated rings. The lowest BCUT2D eigenvalue weighted by Crippen LogP contribution is -2.18. The maximum atomic E-state index is 12.4. The van der Waals surface area contributed by atoms with Crippen molar-refractivity contribution in [3.05, 3.63) is 66.7 Å². The van der Waals surface area contributed by atoms with E-state index >= 15 is 0 Å². The van der Waals surface area contributed by atoms with E-state index in [2.05, 4.69) is 20.4 Å². The third-order valence-corrected chi connectivity index (χ3v) is 3.89. The van der Waals surface area contributed by atoms with Gasteiger partial charge in [-0.15, -0.1) is 0 Å². The summed E-state index contributed by atoms with van der Waals surface area (Å²) in [6, 6.07) is 13.3. The van der Waals surface area contributed by atoms with Crippen molar-refractivity contribution in [2.45, 2.75) is 13.5 Å². The molecule has 1 amide bonds. The predicted molar refractivity (Wildman–Crippen MR) is 94.3 cm³/mol. The molecule has 0 unspecified atom stereocenters. The first kappa shape index (κ1) is 15.1. The second-order valence-corrected chi connectivity index (χ2v) is 5.50. The lowest BCUT2D eigenvalue weighted by Gasteiger charge is -2.06. The summed E-state index contributed by atoms with van der Waals surface area (Å²) in [4.78, 5) is 21.3. The van der Waals surface area contributed by atoms with Crippen LogP contribution in [0.2, 0.25) is 0 Å². The first-order chi connectivity index (χ1) is 12.2. The Balaban J connectivity index is 1.62. The number of imidazole rings is 1. The van der Waals surface area contributed by atoms with E-state index in [0.717, 1.165) is 11.3 Å². The molecule has 3 heterocycles. The topological polar surface area (TPSA) is 77.1 Å². The van der Waals surface area contributed by atoms with Crippen molar-refractivity contribution in [1.82, 2.24) is 24.1 Å². The molecule has 0 aliphatic rings. The van der Waals surface area contributed by atoms with E-state index in [1.54, 1.807) is 23.0 Å². The first-order valence-electron chi connectivity index (χ1n) is 7.99. The number of nitrogens with one attached hydrogen (secondary N) is 1. The van der Waals surface area contributed by atoms with Crippen molar-refractivity contribution in [3.8, 4) is 11.3 Å². The van der Waals surface area contributed by atoms with Crippen LogP contribution in [0, 0.1) is 0 Å². The number of anilines is 1. The molecule has 7 nitrogen and oxygen atoms in total. The zero-order chi connectivity index (χ0) is 17.2. The number of rotatable bonds is 4. The van der Waals surface area contributed by atoms with Gasteiger partial charge in [0.2, 0.25) is 5.78 Å². The van der Waals surface area contributed by atoms with E-state index in [1.807, 2.05) is 54.0 Å². The van der Waals surface area contributed by atoms with Gasteiger partial charge < -0.3 is 5.32 Å². The van der Waals surface area contributed by atoms with Crippen LogP contribution < -0.4 is 5.32 Å². The molecule has 7 heteroatoms. The molecule has 0 atom stereocenters. The van der Waals surface area contributed by atoms with E-state index in [9.17, 15) is 4.79 Å². The summed E-state index contributed by atoms with van der Waals surface area (Å²) in [7, 11) is 0. The van der Waals surface area contributed by atoms with Crippen molar-refractivity contribution in [3.63, 3.8) is 0 Å². The lowest BCUT2D eigenvalue weighted by atomic mass is 10.2. The third-order valence-electron chi connectivity index (χ3n) is 3.89. The van der Waals surface area contributed by atoms with Gasteiger partial charge in [0.25, 0.3) is 5.91 Å². The Bertz CT molecular complexity index is 1030. The average molecular weight is 332 g/mol. The lowest BCUT2D eigenvalue weighted by molar-refractivity contribution is 0.101. The molecule has 0 saturated heterocycles. The van der Waals surface area contributed by atoms with Crippen LogP contribution in [0.3, 0.4) is 0 Å². The van der Waals surface area contributed by atoms with Crippen molar-refractivity contribution < 1.29 is 4.79 Å². The number of nitrogens with zero attached hydrogens (tertiary/aromatic N) is 5. The van der Waals surface area contributed by atoms with Gasteiger partial charge in [-0.1, -0.05) is 30.3 Å². The summed E-state index contributed by atoms with van der Waals surface area (Å²) < 4.78 is 3.46. The second kappa shape index (κ2) is 6.20. The van der Waals surface area contributed by atoms with Gasteiger partial charge >= 0.3 is 0 Å². The molecule has 0 bridgehead atoms. The third kappa shape index (κ3) is 2.87. The molecule has 1 N–H and O–H groups in total. The summed E-state index contributed by atoms with van der Waals surface area (Å²) in [6.07, 6.45) is 5.35. The van der Waals surface area contributed by atoms with Gasteiger partial charge in [-0.3, -0.25) is 13.9 Å². The van der Waals surface area contributed by atoms with Gasteiger partial charge in [-0.25, -0.2) is 4.98 Å². The zero-order valence-corrected chi connectivity index (χ0v) is 13.6. The number of fused-ring (bicyclic) bond motifs is 1. The fourth-order valence-corrected chi connectivity index (χ4v) is 2.65. The fraction of sp³-hybridized carbons (Fsp3) is 0.111. The largest absolute Gasteiger partial charge is 0.305 e. The molecule has 4 aromatic rings. The Labute approximate surface area is 144 Å². The van der Waals surface area contributed by atoms with Crippen molar-refractivity contribution in [2.24, 2.45) is 0 Å². The minimum Gasteiger partial charge on any atom is -0.305 e. The molecular formula is C18H16N6O. The number of hydrogen-bond donors (Lipinski definition) is 1. The summed E-state index contributed by atoms with van der Waals surface area (Å²) >= 11 is 0. The highest BCUT2D eigenvalue weighted by atomic mass is 16.2. The first-order valence-corrected chi connectivity index (χ1v) is 7.99. The number of carbonyl (C=O) groups excluding carboxylic acids is 1. The molecular weight excluding hydrogens is 316 g/mol. The standard InChI is InChI=1S/C18H16N6O/c1-2-24-15(8-10-19-24)17(25)21-16-9-11-23-12-14(20-18(23)22-16)13-6-4-3-5-7-13/h3-12H,2H2,1H3,(H,20,21,22,25). The summed E-state index contributed by atoms with van der Waals surface area (Å²) in [5.41, 5.74) is 2.35. The van der Waals surface area contributed by atoms with Crippen LogP contribution in [0.15, 0.2) is 61.1 Å². The predicted octanol–water partition coefficient (Wildman–Crippen LogP) is 2.87. The van der Waals surface area contributed by atoms with Gasteiger partial charge in [0.1, 0.15) is 11.5 Å². The highest BCUT2D eigenvalue weighted by Crippen LogP contribution is 2.18. The molecule has 0 saturated carbocycles. The van der Waals surface area contributed by atoms with Gasteiger partial charge in [-0.05, 0) is 19.1 Å². The van der Waals surface area contributed by atoms with Gasteiger partial charge in [-0.2, -0.15) is 10.1 Å². The SMILES string of the molecule is CCn1nccc1C(=O)Nc1ccn2cc(-c3ccccc3)nc2n1. The highest BCUT2D eigenvalue weighted by molar-refractivity contribution is 6.02. The fourth-order valence-electron chi connectivity index (χ4n) is 2.65. The van der Waals surface area contributed by atoms with Gasteiger partial charge in [0.15, 0.2) is 0 Å². The summed E-state index contributed by atoms with van der Waals surface area (Å²) in [5, 5.41) is 6.90. The highest BCUT2D eigenvalue weighted by Gasteiger charge is 2.13. The summed E-state index contributed by atoms with van der Waals surface area (Å²) in [6.45, 7) is 2.56. The minimum atomic E-state index is -0.244. The molecule has 0 aliphatic heterocycles. The molecule has 0 spiro atoms. The van der Waals surface area contributed by atoms with E-state index in [4.69, 9.17) is 0 Å². The molecule has 4 rings (SSSR count). The van der Waals surface area contributed by atoms with Crippen LogP contribution in [-0.2, 0) is 6.54 Å². The summed E-state index contributed by atoms with van der Waals surface area (Å²) in [5.74, 6) is 0.734. The van der Waals surface area contributed by atoms with E-state index in [0.29, 0.717) is 23.8 Å². The van der Waals surface area contributed by atoms with Crippen LogP contribution in [-0.4, -0.2) is 30.1 Å². The number of hydrogen-bond acceptors (Lipinski definition) is 4. The Morgan fingerprint density at radius 2 is 1.96 bits per heavy atom. The van der Waals surface area contributed by atoms with Crippen LogP contribution in [0.25, 0.3) is 17.0 Å². The number of aromatic nitrogens is 5. The minimum absolute atomic E-state index is 0.244. The maximum absolute atomic E-state index is 12.4. The van der Waals surface area contributed by atoms with Gasteiger partial charge in [0.05, 0.1) is 5.69 Å². The quantitative estimate of drug-likeness (QED) is 0.623.